The molecule has 2 aliphatic rings. The van der Waals surface area contributed by atoms with Crippen LogP contribution in [0, 0.1) is 17.2 Å². The molecule has 0 spiro atoms. The van der Waals surface area contributed by atoms with Gasteiger partial charge in [0.05, 0.1) is 27.9 Å². The first-order chi connectivity index (χ1) is 17.4. The number of nitriles is 1. The van der Waals surface area contributed by atoms with E-state index in [1.54, 1.807) is 10.9 Å². The van der Waals surface area contributed by atoms with Crippen molar-refractivity contribution in [1.29, 1.82) is 5.26 Å². The number of anilines is 1. The molecule has 1 unspecified atom stereocenters. The number of amides is 1. The van der Waals surface area contributed by atoms with Crippen LogP contribution in [0.1, 0.15) is 49.5 Å². The fourth-order valence-corrected chi connectivity index (χ4v) is 5.68. The van der Waals surface area contributed by atoms with Gasteiger partial charge in [-0.05, 0) is 48.4 Å². The number of halogens is 1. The van der Waals surface area contributed by atoms with E-state index in [-0.39, 0.29) is 24.1 Å². The number of nitrogens with two attached hydrogens (primary N) is 1. The lowest BCUT2D eigenvalue weighted by molar-refractivity contribution is -0.117. The Bertz CT molecular complexity index is 1270. The van der Waals surface area contributed by atoms with Gasteiger partial charge in [-0.1, -0.05) is 35.9 Å². The predicted molar refractivity (Wildman–Crippen MR) is 140 cm³/mol. The molecule has 8 nitrogen and oxygen atoms in total. The molecule has 36 heavy (non-hydrogen) atoms. The van der Waals surface area contributed by atoms with Gasteiger partial charge >= 0.3 is 0 Å². The van der Waals surface area contributed by atoms with Crippen LogP contribution in [0.4, 0.5) is 5.82 Å². The van der Waals surface area contributed by atoms with E-state index in [0.717, 1.165) is 60.8 Å². The summed E-state index contributed by atoms with van der Waals surface area (Å²) in [5, 5.41) is 29.2. The van der Waals surface area contributed by atoms with Crippen LogP contribution >= 0.6 is 22.9 Å². The number of nitrogens with one attached hydrogen (secondary N) is 1. The maximum atomic E-state index is 12.3. The van der Waals surface area contributed by atoms with Gasteiger partial charge in [-0.25, -0.2) is 0 Å². The molecule has 10 heteroatoms. The highest BCUT2D eigenvalue weighted by atomic mass is 35.5. The van der Waals surface area contributed by atoms with Gasteiger partial charge in [0, 0.05) is 37.1 Å². The first kappa shape index (κ1) is 24.9. The zero-order valence-electron chi connectivity index (χ0n) is 19.9. The zero-order chi connectivity index (χ0) is 25.3. The van der Waals surface area contributed by atoms with Crippen LogP contribution in [-0.4, -0.2) is 38.8 Å². The van der Waals surface area contributed by atoms with Crippen molar-refractivity contribution in [3.8, 4) is 17.2 Å². The molecule has 3 heterocycles. The summed E-state index contributed by atoms with van der Waals surface area (Å²) in [6.07, 6.45) is 3.90. The number of benzene rings is 1. The molecule has 1 aliphatic carbocycles. The molecule has 1 aromatic carbocycles. The summed E-state index contributed by atoms with van der Waals surface area (Å²) in [6.45, 7) is 2.42. The summed E-state index contributed by atoms with van der Waals surface area (Å²) < 4.78 is 2.54. The van der Waals surface area contributed by atoms with Crippen molar-refractivity contribution in [2.75, 3.05) is 18.4 Å². The SMILES string of the molecule is N#CCC1(n2cc(C(N)O)c(NC(=O)C3CC3)n2)CCN(Cc2ccc(-c3csc(Cl)c3)cc2)CC1. The molecule has 1 saturated carbocycles. The Balaban J connectivity index is 1.27. The Hall–Kier alpha value is -2.74. The summed E-state index contributed by atoms with van der Waals surface area (Å²) in [6, 6.07) is 12.8. The summed E-state index contributed by atoms with van der Waals surface area (Å²) >= 11 is 7.60. The average molecular weight is 525 g/mol. The minimum Gasteiger partial charge on any atom is -0.374 e. The van der Waals surface area contributed by atoms with Gasteiger partial charge in [-0.2, -0.15) is 10.4 Å². The van der Waals surface area contributed by atoms with Crippen molar-refractivity contribution in [2.45, 2.75) is 50.4 Å². The van der Waals surface area contributed by atoms with Gasteiger partial charge < -0.3 is 16.2 Å². The Morgan fingerprint density at radius 1 is 1.31 bits per heavy atom. The summed E-state index contributed by atoms with van der Waals surface area (Å²) in [4.78, 5) is 14.7. The smallest absolute Gasteiger partial charge is 0.228 e. The van der Waals surface area contributed by atoms with E-state index >= 15 is 0 Å². The van der Waals surface area contributed by atoms with Crippen molar-refractivity contribution in [3.63, 3.8) is 0 Å². The number of piperidine rings is 1. The van der Waals surface area contributed by atoms with E-state index in [1.165, 1.54) is 16.9 Å². The van der Waals surface area contributed by atoms with Crippen molar-refractivity contribution < 1.29 is 9.90 Å². The fraction of sp³-hybridized carbons (Fsp3) is 0.423. The second-order valence-corrected chi connectivity index (χ2v) is 11.3. The number of carbonyl (C=O) groups is 1. The maximum Gasteiger partial charge on any atom is 0.228 e. The van der Waals surface area contributed by atoms with E-state index in [1.807, 2.05) is 6.07 Å². The molecule has 0 bridgehead atoms. The maximum absolute atomic E-state index is 12.3. The molecule has 1 atom stereocenters. The van der Waals surface area contributed by atoms with E-state index in [0.29, 0.717) is 5.56 Å². The molecular formula is C26H29ClN6O2S. The lowest BCUT2D eigenvalue weighted by Gasteiger charge is -2.40. The Kier molecular flexibility index (Phi) is 7.15. The highest BCUT2D eigenvalue weighted by Crippen LogP contribution is 2.37. The molecule has 1 saturated heterocycles. The number of rotatable bonds is 8. The van der Waals surface area contributed by atoms with E-state index in [9.17, 15) is 15.2 Å². The minimum absolute atomic E-state index is 0.00587. The number of hydrogen-bond donors (Lipinski definition) is 3. The van der Waals surface area contributed by atoms with Crippen molar-refractivity contribution in [1.82, 2.24) is 14.7 Å². The number of aliphatic hydroxyl groups excluding tert-OH is 1. The second kappa shape index (κ2) is 10.3. The lowest BCUT2D eigenvalue weighted by Crippen LogP contribution is -2.46. The van der Waals surface area contributed by atoms with Crippen molar-refractivity contribution >= 4 is 34.7 Å². The highest BCUT2D eigenvalue weighted by molar-refractivity contribution is 7.14. The predicted octanol–water partition coefficient (Wildman–Crippen LogP) is 4.47. The van der Waals surface area contributed by atoms with Crippen molar-refractivity contribution in [2.24, 2.45) is 11.7 Å². The minimum atomic E-state index is -1.26. The topological polar surface area (TPSA) is 120 Å². The summed E-state index contributed by atoms with van der Waals surface area (Å²) in [5.74, 6) is 0.194. The monoisotopic (exact) mass is 524 g/mol. The molecular weight excluding hydrogens is 496 g/mol. The van der Waals surface area contributed by atoms with Gasteiger partial charge in [0.25, 0.3) is 0 Å². The Morgan fingerprint density at radius 2 is 2.03 bits per heavy atom. The number of likely N-dealkylation sites (tertiary alicyclic amines) is 1. The third-order valence-corrected chi connectivity index (χ3v) is 8.28. The largest absolute Gasteiger partial charge is 0.374 e. The number of aromatic nitrogens is 2. The molecule has 3 aromatic rings. The average Bonchev–Trinajstić information content (AvgIpc) is 3.50. The van der Waals surface area contributed by atoms with Gasteiger partial charge in [0.2, 0.25) is 5.91 Å². The quantitative estimate of drug-likeness (QED) is 0.374. The third-order valence-electron chi connectivity index (χ3n) is 7.19. The normalized spacial score (nSPS) is 18.5. The standard InChI is InChI=1S/C26H29ClN6O2S/c27-22-13-20(16-36-22)18-3-1-17(2-4-18)14-32-11-8-26(7-10-28,9-12-32)33-15-21(23(29)34)24(31-33)30-25(35)19-5-6-19/h1-4,13,15-16,19,23,34H,5-9,11-12,14,29H2,(H,30,31,35). The summed E-state index contributed by atoms with van der Waals surface area (Å²) in [7, 11) is 0. The van der Waals surface area contributed by atoms with Crippen molar-refractivity contribution in [3.05, 3.63) is 57.4 Å². The first-order valence-electron chi connectivity index (χ1n) is 12.1. The van der Waals surface area contributed by atoms with Crippen LogP contribution in [0.25, 0.3) is 11.1 Å². The van der Waals surface area contributed by atoms with Crippen LogP contribution in [-0.2, 0) is 16.9 Å². The first-order valence-corrected chi connectivity index (χ1v) is 13.4. The van der Waals surface area contributed by atoms with Crippen LogP contribution in [0.15, 0.2) is 41.9 Å². The van der Waals surface area contributed by atoms with Gasteiger partial charge in [0.1, 0.15) is 6.23 Å². The fourth-order valence-electron chi connectivity index (χ4n) is 4.79. The van der Waals surface area contributed by atoms with Gasteiger partial charge in [0.15, 0.2) is 5.82 Å². The number of hydrogen-bond acceptors (Lipinski definition) is 7. The molecule has 2 fully saturated rings. The summed E-state index contributed by atoms with van der Waals surface area (Å²) in [5.41, 5.74) is 9.13. The molecule has 0 radical (unpaired) electrons. The third kappa shape index (κ3) is 5.33. The van der Waals surface area contributed by atoms with Crippen LogP contribution in [0.5, 0.6) is 0 Å². The molecule has 1 amide bonds. The molecule has 1 aliphatic heterocycles. The molecule has 2 aromatic heterocycles. The number of aliphatic hydroxyl groups is 1. The number of nitrogens with zero attached hydrogens (tertiary/aromatic N) is 4. The Labute approximate surface area is 219 Å². The van der Waals surface area contributed by atoms with E-state index in [2.05, 4.69) is 51.0 Å². The van der Waals surface area contributed by atoms with Gasteiger partial charge in [-0.15, -0.1) is 11.3 Å². The number of thiophene rings is 1. The van der Waals surface area contributed by atoms with Crippen LogP contribution in [0.2, 0.25) is 4.34 Å². The second-order valence-electron chi connectivity index (χ2n) is 9.76. The van der Waals surface area contributed by atoms with Gasteiger partial charge in [-0.3, -0.25) is 14.4 Å². The molecule has 188 valence electrons. The Morgan fingerprint density at radius 3 is 2.61 bits per heavy atom. The molecule has 5 rings (SSSR count). The van der Waals surface area contributed by atoms with Crippen LogP contribution < -0.4 is 11.1 Å². The van der Waals surface area contributed by atoms with Crippen LogP contribution in [0.3, 0.4) is 0 Å². The lowest BCUT2D eigenvalue weighted by atomic mass is 9.84. The van der Waals surface area contributed by atoms with E-state index in [4.69, 9.17) is 17.3 Å². The van der Waals surface area contributed by atoms with E-state index < -0.39 is 11.8 Å². The molecule has 4 N–H and O–H groups in total. The number of carbonyl (C=O) groups excluding carboxylic acids is 1. The highest BCUT2D eigenvalue weighted by Gasteiger charge is 2.39. The zero-order valence-corrected chi connectivity index (χ0v) is 21.4.